The molecule has 28 heavy (non-hydrogen) atoms. The van der Waals surface area contributed by atoms with Crippen molar-refractivity contribution in [1.82, 2.24) is 0 Å². The molecule has 0 aliphatic heterocycles. The summed E-state index contributed by atoms with van der Waals surface area (Å²) in [7, 11) is 1.60. The van der Waals surface area contributed by atoms with Crippen molar-refractivity contribution in [2.45, 2.75) is 25.4 Å². The van der Waals surface area contributed by atoms with Gasteiger partial charge in [-0.15, -0.1) is 6.58 Å². The highest BCUT2D eigenvalue weighted by atomic mass is 16.5. The highest BCUT2D eigenvalue weighted by Crippen LogP contribution is 2.43. The van der Waals surface area contributed by atoms with Crippen LogP contribution in [0.1, 0.15) is 38.5 Å². The average Bonchev–Trinajstić information content (AvgIpc) is 2.73. The lowest BCUT2D eigenvalue weighted by atomic mass is 9.72. The zero-order chi connectivity index (χ0) is 20.1. The molecule has 0 saturated carbocycles. The third-order valence-corrected chi connectivity index (χ3v) is 5.29. The molecule has 0 amide bonds. The van der Waals surface area contributed by atoms with Gasteiger partial charge < -0.3 is 4.74 Å². The molecule has 3 rings (SSSR count). The summed E-state index contributed by atoms with van der Waals surface area (Å²) in [4.78, 5) is 13.9. The molecule has 0 spiro atoms. The molecule has 2 heteroatoms. The maximum Gasteiger partial charge on any atom is 0.200 e. The number of aryl methyl sites for hydroxylation is 2. The van der Waals surface area contributed by atoms with E-state index in [-0.39, 0.29) is 11.7 Å². The first-order chi connectivity index (χ1) is 13.5. The standard InChI is InChI=1S/C26H26O2/c1-5-24(21-9-7-6-8-10-21)26(28-4,23-17-13-20(3)14-18-23)25(27)22-15-11-19(2)12-16-22/h5-18,24H,1H2,2-4H3/t24-,26-/m1/s1. The summed E-state index contributed by atoms with van der Waals surface area (Å²) >= 11 is 0. The number of ketones is 1. The van der Waals surface area contributed by atoms with Crippen LogP contribution >= 0.6 is 0 Å². The van der Waals surface area contributed by atoms with Gasteiger partial charge in [-0.1, -0.05) is 96.1 Å². The van der Waals surface area contributed by atoms with Crippen molar-refractivity contribution >= 4 is 5.78 Å². The van der Waals surface area contributed by atoms with Crippen LogP contribution in [-0.2, 0) is 10.3 Å². The van der Waals surface area contributed by atoms with Gasteiger partial charge in [-0.3, -0.25) is 4.79 Å². The molecule has 0 N–H and O–H groups in total. The zero-order valence-corrected chi connectivity index (χ0v) is 16.7. The number of carbonyl (C=O) groups excluding carboxylic acids is 1. The van der Waals surface area contributed by atoms with Crippen molar-refractivity contribution in [2.75, 3.05) is 7.11 Å². The average molecular weight is 370 g/mol. The Kier molecular flexibility index (Phi) is 5.91. The summed E-state index contributed by atoms with van der Waals surface area (Å²) in [6.07, 6.45) is 1.81. The van der Waals surface area contributed by atoms with Gasteiger partial charge in [0.25, 0.3) is 0 Å². The van der Waals surface area contributed by atoms with E-state index in [9.17, 15) is 4.79 Å². The molecule has 0 bridgehead atoms. The number of hydrogen-bond donors (Lipinski definition) is 0. The van der Waals surface area contributed by atoms with Crippen LogP contribution in [0.5, 0.6) is 0 Å². The predicted molar refractivity (Wildman–Crippen MR) is 115 cm³/mol. The lowest BCUT2D eigenvalue weighted by Crippen LogP contribution is -2.43. The topological polar surface area (TPSA) is 26.3 Å². The second kappa shape index (κ2) is 8.37. The molecule has 0 radical (unpaired) electrons. The van der Waals surface area contributed by atoms with Crippen molar-refractivity contribution in [3.63, 3.8) is 0 Å². The summed E-state index contributed by atoms with van der Waals surface area (Å²) in [5.74, 6) is -0.414. The third-order valence-electron chi connectivity index (χ3n) is 5.29. The number of methoxy groups -OCH3 is 1. The molecule has 0 aromatic heterocycles. The van der Waals surface area contributed by atoms with Crippen molar-refractivity contribution in [3.8, 4) is 0 Å². The van der Waals surface area contributed by atoms with E-state index in [0.29, 0.717) is 5.56 Å². The largest absolute Gasteiger partial charge is 0.364 e. The molecule has 3 aromatic rings. The molecule has 142 valence electrons. The molecule has 0 aliphatic rings. The smallest absolute Gasteiger partial charge is 0.200 e. The lowest BCUT2D eigenvalue weighted by Gasteiger charge is -2.38. The van der Waals surface area contributed by atoms with Gasteiger partial charge in [0.1, 0.15) is 0 Å². The normalized spacial score (nSPS) is 14.1. The van der Waals surface area contributed by atoms with Crippen molar-refractivity contribution in [1.29, 1.82) is 0 Å². The van der Waals surface area contributed by atoms with Crippen LogP contribution in [-0.4, -0.2) is 12.9 Å². The van der Waals surface area contributed by atoms with Crippen molar-refractivity contribution < 1.29 is 9.53 Å². The van der Waals surface area contributed by atoms with E-state index in [4.69, 9.17) is 4.74 Å². The van der Waals surface area contributed by atoms with E-state index in [2.05, 4.69) is 6.58 Å². The van der Waals surface area contributed by atoms with Crippen molar-refractivity contribution in [2.24, 2.45) is 0 Å². The highest BCUT2D eigenvalue weighted by molar-refractivity contribution is 6.04. The van der Waals surface area contributed by atoms with Gasteiger partial charge in [-0.2, -0.15) is 0 Å². The SMILES string of the molecule is C=C[C@H](c1ccccc1)[C@@](OC)(C(=O)c1ccc(C)cc1)c1ccc(C)cc1. The number of benzene rings is 3. The maximum atomic E-state index is 13.9. The molecule has 0 heterocycles. The Morgan fingerprint density at radius 1 is 0.893 bits per heavy atom. The molecular weight excluding hydrogens is 344 g/mol. The van der Waals surface area contributed by atoms with Crippen LogP contribution in [0.15, 0.2) is 91.5 Å². The van der Waals surface area contributed by atoms with Crippen LogP contribution in [0.25, 0.3) is 0 Å². The van der Waals surface area contributed by atoms with Gasteiger partial charge in [0.15, 0.2) is 11.4 Å². The van der Waals surface area contributed by atoms with E-state index in [1.54, 1.807) is 7.11 Å². The molecule has 0 unspecified atom stereocenters. The number of rotatable bonds is 7. The fraction of sp³-hybridized carbons (Fsp3) is 0.192. The molecule has 0 aliphatic carbocycles. The van der Waals surface area contributed by atoms with E-state index in [0.717, 1.165) is 22.3 Å². The van der Waals surface area contributed by atoms with E-state index in [1.165, 1.54) is 0 Å². The predicted octanol–water partition coefficient (Wildman–Crippen LogP) is 6.00. The Labute approximate surface area is 167 Å². The Hall–Kier alpha value is -2.97. The minimum Gasteiger partial charge on any atom is -0.364 e. The summed E-state index contributed by atoms with van der Waals surface area (Å²) < 4.78 is 6.10. The van der Waals surface area contributed by atoms with Gasteiger partial charge in [-0.05, 0) is 25.0 Å². The summed E-state index contributed by atoms with van der Waals surface area (Å²) in [5, 5.41) is 0. The van der Waals surface area contributed by atoms with Crippen LogP contribution in [0.2, 0.25) is 0 Å². The number of ether oxygens (including phenoxy) is 1. The third kappa shape index (κ3) is 3.56. The van der Waals surface area contributed by atoms with Gasteiger partial charge in [-0.25, -0.2) is 0 Å². The molecular formula is C26H26O2. The number of carbonyl (C=O) groups is 1. The fourth-order valence-electron chi connectivity index (χ4n) is 3.71. The monoisotopic (exact) mass is 370 g/mol. The molecule has 3 aromatic carbocycles. The van der Waals surface area contributed by atoms with E-state index >= 15 is 0 Å². The second-order valence-electron chi connectivity index (χ2n) is 7.13. The van der Waals surface area contributed by atoms with Gasteiger partial charge >= 0.3 is 0 Å². The van der Waals surface area contributed by atoms with Crippen LogP contribution in [0.3, 0.4) is 0 Å². The minimum atomic E-state index is -1.20. The summed E-state index contributed by atoms with van der Waals surface area (Å²) in [6, 6.07) is 25.5. The Balaban J connectivity index is 2.25. The molecule has 0 fully saturated rings. The Bertz CT molecular complexity index is 940. The highest BCUT2D eigenvalue weighted by Gasteiger charge is 2.47. The van der Waals surface area contributed by atoms with E-state index in [1.807, 2.05) is 98.8 Å². The Morgan fingerprint density at radius 3 is 1.93 bits per heavy atom. The lowest BCUT2D eigenvalue weighted by molar-refractivity contribution is -0.00994. The van der Waals surface area contributed by atoms with Crippen LogP contribution in [0, 0.1) is 13.8 Å². The number of hydrogen-bond acceptors (Lipinski definition) is 2. The zero-order valence-electron chi connectivity index (χ0n) is 16.7. The van der Waals surface area contributed by atoms with Gasteiger partial charge in [0.05, 0.1) is 0 Å². The van der Waals surface area contributed by atoms with Crippen LogP contribution < -0.4 is 0 Å². The first-order valence-electron chi connectivity index (χ1n) is 9.44. The summed E-state index contributed by atoms with van der Waals surface area (Å²) in [6.45, 7) is 8.09. The number of Topliss-reactive ketones (excluding diaryl/α,β-unsaturated/α-hetero) is 1. The Morgan fingerprint density at radius 2 is 1.43 bits per heavy atom. The summed E-state index contributed by atoms with van der Waals surface area (Å²) in [5.41, 5.74) is 3.47. The van der Waals surface area contributed by atoms with Gasteiger partial charge in [0, 0.05) is 18.6 Å². The minimum absolute atomic E-state index is 0.0763. The molecule has 0 saturated heterocycles. The van der Waals surface area contributed by atoms with Crippen molar-refractivity contribution in [3.05, 3.63) is 119 Å². The quantitative estimate of drug-likeness (QED) is 0.377. The van der Waals surface area contributed by atoms with Crippen LogP contribution in [0.4, 0.5) is 0 Å². The maximum absolute atomic E-state index is 13.9. The molecule has 2 atom stereocenters. The second-order valence-corrected chi connectivity index (χ2v) is 7.13. The first-order valence-corrected chi connectivity index (χ1v) is 9.44. The van der Waals surface area contributed by atoms with Gasteiger partial charge in [0.2, 0.25) is 0 Å². The fourth-order valence-corrected chi connectivity index (χ4v) is 3.71. The molecule has 2 nitrogen and oxygen atoms in total. The first kappa shape index (κ1) is 19.8. The van der Waals surface area contributed by atoms with E-state index < -0.39 is 5.60 Å².